The van der Waals surface area contributed by atoms with E-state index in [1.54, 1.807) is 0 Å². The Morgan fingerprint density at radius 1 is 0.386 bits per heavy atom. The molecule has 6 rings (SSSR count). The minimum atomic E-state index is 0.0245. The molecule has 0 heterocycles. The number of aliphatic hydroxyl groups excluding tert-OH is 2. The summed E-state index contributed by atoms with van der Waals surface area (Å²) in [5.41, 5.74) is 12.9. The molecule has 2 N–H and O–H groups in total. The van der Waals surface area contributed by atoms with Crippen molar-refractivity contribution in [2.75, 3.05) is 9.80 Å². The van der Waals surface area contributed by atoms with E-state index >= 15 is 0 Å². The lowest BCUT2D eigenvalue weighted by molar-refractivity contribution is 0.281. The number of aryl methyl sites for hydroxylation is 2. The summed E-state index contributed by atoms with van der Waals surface area (Å²) in [6.45, 7) is 4.39. The van der Waals surface area contributed by atoms with Crippen LogP contribution in [0.2, 0.25) is 0 Å². The second-order valence-corrected chi connectivity index (χ2v) is 11.0. The van der Waals surface area contributed by atoms with Crippen LogP contribution in [0.15, 0.2) is 146 Å². The molecule has 0 saturated carbocycles. The van der Waals surface area contributed by atoms with Crippen LogP contribution in [0.25, 0.3) is 11.1 Å². The van der Waals surface area contributed by atoms with E-state index in [2.05, 4.69) is 133 Å². The first-order valence-corrected chi connectivity index (χ1v) is 14.9. The number of para-hydroxylation sites is 2. The van der Waals surface area contributed by atoms with Crippen molar-refractivity contribution in [2.45, 2.75) is 27.1 Å². The Bertz CT molecular complexity index is 1700. The predicted molar refractivity (Wildman–Crippen MR) is 183 cm³/mol. The summed E-state index contributed by atoms with van der Waals surface area (Å²) < 4.78 is 0. The van der Waals surface area contributed by atoms with Crippen LogP contribution in [0.5, 0.6) is 0 Å². The lowest BCUT2D eigenvalue weighted by Crippen LogP contribution is -2.11. The van der Waals surface area contributed by atoms with Gasteiger partial charge in [-0.15, -0.1) is 0 Å². The topological polar surface area (TPSA) is 46.9 Å². The molecule has 0 aliphatic rings. The van der Waals surface area contributed by atoms with Crippen molar-refractivity contribution in [2.24, 2.45) is 0 Å². The van der Waals surface area contributed by atoms with Gasteiger partial charge in [0.25, 0.3) is 0 Å². The molecule has 0 radical (unpaired) electrons. The molecule has 0 atom stereocenters. The van der Waals surface area contributed by atoms with Crippen molar-refractivity contribution >= 4 is 34.1 Å². The van der Waals surface area contributed by atoms with Crippen LogP contribution in [0.3, 0.4) is 0 Å². The molecule has 0 spiro atoms. The summed E-state index contributed by atoms with van der Waals surface area (Å²) in [5.74, 6) is 0. The molecule has 0 aliphatic heterocycles. The van der Waals surface area contributed by atoms with Gasteiger partial charge < -0.3 is 20.0 Å². The van der Waals surface area contributed by atoms with E-state index in [0.29, 0.717) is 0 Å². The van der Waals surface area contributed by atoms with E-state index in [0.717, 1.165) is 45.3 Å². The highest BCUT2D eigenvalue weighted by atomic mass is 16.3. The molecule has 0 fully saturated rings. The molecule has 0 aromatic heterocycles. The first kappa shape index (κ1) is 28.9. The fourth-order valence-electron chi connectivity index (χ4n) is 5.73. The third-order valence-corrected chi connectivity index (χ3v) is 8.01. The van der Waals surface area contributed by atoms with Crippen molar-refractivity contribution in [1.29, 1.82) is 0 Å². The number of benzene rings is 6. The third-order valence-electron chi connectivity index (χ3n) is 8.01. The first-order valence-electron chi connectivity index (χ1n) is 14.9. The zero-order valence-electron chi connectivity index (χ0n) is 25.1. The minimum Gasteiger partial charge on any atom is -0.392 e. The molecule has 6 aromatic carbocycles. The van der Waals surface area contributed by atoms with Gasteiger partial charge in [-0.3, -0.25) is 0 Å². The van der Waals surface area contributed by atoms with Crippen LogP contribution < -0.4 is 9.80 Å². The van der Waals surface area contributed by atoms with Crippen molar-refractivity contribution in [3.05, 3.63) is 168 Å². The Morgan fingerprint density at radius 3 is 1.02 bits per heavy atom. The van der Waals surface area contributed by atoms with E-state index in [9.17, 15) is 10.2 Å². The number of hydrogen-bond acceptors (Lipinski definition) is 4. The summed E-state index contributed by atoms with van der Waals surface area (Å²) in [4.78, 5) is 4.49. The number of aliphatic hydroxyl groups is 2. The van der Waals surface area contributed by atoms with Crippen LogP contribution in [-0.2, 0) is 13.2 Å². The molecular formula is C40H36N2O2. The predicted octanol–water partition coefficient (Wildman–Crippen LogP) is 9.89. The molecule has 0 saturated heterocycles. The van der Waals surface area contributed by atoms with E-state index in [1.807, 2.05) is 36.4 Å². The van der Waals surface area contributed by atoms with Gasteiger partial charge in [-0.25, -0.2) is 0 Å². The van der Waals surface area contributed by atoms with Crippen molar-refractivity contribution in [3.8, 4) is 11.1 Å². The fourth-order valence-corrected chi connectivity index (χ4v) is 5.73. The zero-order chi connectivity index (χ0) is 30.5. The van der Waals surface area contributed by atoms with Crippen molar-refractivity contribution in [3.63, 3.8) is 0 Å². The normalized spacial score (nSPS) is 10.9. The molecule has 218 valence electrons. The Kier molecular flexibility index (Phi) is 8.55. The molecule has 6 aromatic rings. The van der Waals surface area contributed by atoms with Gasteiger partial charge in [0, 0.05) is 34.1 Å². The molecule has 0 unspecified atom stereocenters. The van der Waals surface area contributed by atoms with E-state index in [-0.39, 0.29) is 13.2 Å². The van der Waals surface area contributed by atoms with Gasteiger partial charge >= 0.3 is 0 Å². The summed E-state index contributed by atoms with van der Waals surface area (Å²) in [6.07, 6.45) is 0. The van der Waals surface area contributed by atoms with E-state index in [1.165, 1.54) is 22.3 Å². The average Bonchev–Trinajstić information content (AvgIpc) is 3.07. The smallest absolute Gasteiger partial charge is 0.0681 e. The SMILES string of the molecule is Cc1cc(N(c2ccccc2)c2ccc(CO)cc2)ccc1-c1ccc(N(c2ccccc2)c2ccc(CO)cc2)cc1C. The Morgan fingerprint density at radius 2 is 0.705 bits per heavy atom. The lowest BCUT2D eigenvalue weighted by atomic mass is 9.95. The van der Waals surface area contributed by atoms with Gasteiger partial charge in [-0.1, -0.05) is 72.8 Å². The molecule has 4 nitrogen and oxygen atoms in total. The van der Waals surface area contributed by atoms with Gasteiger partial charge in [0.05, 0.1) is 13.2 Å². The van der Waals surface area contributed by atoms with Crippen LogP contribution in [0, 0.1) is 13.8 Å². The molecular weight excluding hydrogens is 540 g/mol. The van der Waals surface area contributed by atoms with Crippen LogP contribution >= 0.6 is 0 Å². The fraction of sp³-hybridized carbons (Fsp3) is 0.100. The van der Waals surface area contributed by atoms with Gasteiger partial charge in [0.1, 0.15) is 0 Å². The minimum absolute atomic E-state index is 0.0245. The summed E-state index contributed by atoms with van der Waals surface area (Å²) in [5, 5.41) is 19.1. The zero-order valence-corrected chi connectivity index (χ0v) is 25.1. The van der Waals surface area contributed by atoms with Crippen LogP contribution in [0.4, 0.5) is 34.1 Å². The van der Waals surface area contributed by atoms with E-state index < -0.39 is 0 Å². The maximum atomic E-state index is 9.56. The standard InChI is InChI=1S/C40H36N2O2/c1-29-25-37(41(33-9-5-3-6-10-33)35-17-13-31(27-43)14-18-35)21-23-39(29)40-24-22-38(26-30(40)2)42(34-11-7-4-8-12-34)36-19-15-32(28-44)16-20-36/h3-26,43-44H,27-28H2,1-2H3. The highest BCUT2D eigenvalue weighted by Crippen LogP contribution is 2.40. The Balaban J connectivity index is 1.37. The maximum absolute atomic E-state index is 9.56. The molecule has 0 bridgehead atoms. The van der Waals surface area contributed by atoms with Gasteiger partial charge in [0.2, 0.25) is 0 Å². The second-order valence-electron chi connectivity index (χ2n) is 11.0. The molecule has 4 heteroatoms. The van der Waals surface area contributed by atoms with Crippen molar-refractivity contribution < 1.29 is 10.2 Å². The maximum Gasteiger partial charge on any atom is 0.0681 e. The second kappa shape index (κ2) is 13.0. The van der Waals surface area contributed by atoms with Gasteiger partial charge in [-0.2, -0.15) is 0 Å². The third kappa shape index (κ3) is 6.00. The number of rotatable bonds is 9. The monoisotopic (exact) mass is 576 g/mol. The van der Waals surface area contributed by atoms with Crippen LogP contribution in [-0.4, -0.2) is 10.2 Å². The quantitative estimate of drug-likeness (QED) is 0.180. The van der Waals surface area contributed by atoms with Gasteiger partial charge in [-0.05, 0) is 120 Å². The first-order chi connectivity index (χ1) is 21.6. The molecule has 44 heavy (non-hydrogen) atoms. The van der Waals surface area contributed by atoms with Gasteiger partial charge in [0.15, 0.2) is 0 Å². The lowest BCUT2D eigenvalue weighted by Gasteiger charge is -2.27. The molecule has 0 amide bonds. The molecule has 0 aliphatic carbocycles. The summed E-state index contributed by atoms with van der Waals surface area (Å²) >= 11 is 0. The Hall–Kier alpha value is -5.16. The Labute approximate surface area is 259 Å². The van der Waals surface area contributed by atoms with Crippen LogP contribution in [0.1, 0.15) is 22.3 Å². The van der Waals surface area contributed by atoms with Crippen molar-refractivity contribution in [1.82, 2.24) is 0 Å². The number of anilines is 6. The average molecular weight is 577 g/mol. The highest BCUT2D eigenvalue weighted by Gasteiger charge is 2.17. The number of nitrogens with zero attached hydrogens (tertiary/aromatic N) is 2. The largest absolute Gasteiger partial charge is 0.392 e. The highest BCUT2D eigenvalue weighted by molar-refractivity contribution is 5.83. The summed E-state index contributed by atoms with van der Waals surface area (Å²) in [6, 6.07) is 50.1. The summed E-state index contributed by atoms with van der Waals surface area (Å²) in [7, 11) is 0. The van der Waals surface area contributed by atoms with E-state index in [4.69, 9.17) is 0 Å². The number of hydrogen-bond donors (Lipinski definition) is 2.